The van der Waals surface area contributed by atoms with Crippen molar-refractivity contribution >= 4 is 28.9 Å². The standard InChI is InChI=1S/C23H31N3O2/c1-7-25(8-2)20-9-11-21(12-10-20)26(19(6)27)15-22(28)24-23-17(4)13-16(3)14-18(23)5/h9-14H,7-8,15H2,1-6H3,(H,24,28). The van der Waals surface area contributed by atoms with Crippen LogP contribution in [-0.2, 0) is 9.59 Å². The largest absolute Gasteiger partial charge is 0.372 e. The van der Waals surface area contributed by atoms with E-state index in [1.54, 1.807) is 0 Å². The van der Waals surface area contributed by atoms with Gasteiger partial charge in [0.1, 0.15) is 6.54 Å². The van der Waals surface area contributed by atoms with E-state index in [4.69, 9.17) is 0 Å². The van der Waals surface area contributed by atoms with Gasteiger partial charge in [0.2, 0.25) is 11.8 Å². The van der Waals surface area contributed by atoms with E-state index in [2.05, 4.69) is 24.1 Å². The SMILES string of the molecule is CCN(CC)c1ccc(N(CC(=O)Nc2c(C)cc(C)cc2C)C(C)=O)cc1. The molecule has 2 aromatic carbocycles. The number of nitrogens with zero attached hydrogens (tertiary/aromatic N) is 2. The van der Waals surface area contributed by atoms with Crippen LogP contribution in [0.5, 0.6) is 0 Å². The van der Waals surface area contributed by atoms with E-state index in [0.717, 1.165) is 46.8 Å². The Balaban J connectivity index is 2.17. The molecule has 2 aromatic rings. The third-order valence-electron chi connectivity index (χ3n) is 4.91. The van der Waals surface area contributed by atoms with Crippen molar-refractivity contribution in [3.8, 4) is 0 Å². The highest BCUT2D eigenvalue weighted by molar-refractivity contribution is 6.02. The molecule has 5 heteroatoms. The Bertz CT molecular complexity index is 816. The zero-order valence-electron chi connectivity index (χ0n) is 17.8. The van der Waals surface area contributed by atoms with Crippen molar-refractivity contribution in [1.82, 2.24) is 0 Å². The van der Waals surface area contributed by atoms with Crippen LogP contribution in [0.25, 0.3) is 0 Å². The fraction of sp³-hybridized carbons (Fsp3) is 0.391. The van der Waals surface area contributed by atoms with Crippen LogP contribution < -0.4 is 15.1 Å². The summed E-state index contributed by atoms with van der Waals surface area (Å²) >= 11 is 0. The molecule has 28 heavy (non-hydrogen) atoms. The van der Waals surface area contributed by atoms with E-state index in [0.29, 0.717) is 0 Å². The Kier molecular flexibility index (Phi) is 7.21. The first-order chi connectivity index (χ1) is 13.3. The summed E-state index contributed by atoms with van der Waals surface area (Å²) in [5.41, 5.74) is 5.83. The minimum absolute atomic E-state index is 0.0211. The number of amides is 2. The van der Waals surface area contributed by atoms with Gasteiger partial charge in [-0.25, -0.2) is 0 Å². The van der Waals surface area contributed by atoms with Crippen molar-refractivity contribution < 1.29 is 9.59 Å². The number of rotatable bonds is 7. The molecule has 2 amide bonds. The first-order valence-corrected chi connectivity index (χ1v) is 9.77. The number of benzene rings is 2. The zero-order chi connectivity index (χ0) is 20.8. The van der Waals surface area contributed by atoms with Gasteiger partial charge in [-0.3, -0.25) is 9.59 Å². The Hall–Kier alpha value is -2.82. The van der Waals surface area contributed by atoms with E-state index >= 15 is 0 Å². The van der Waals surface area contributed by atoms with Gasteiger partial charge in [0.05, 0.1) is 0 Å². The number of carbonyl (C=O) groups is 2. The third-order valence-corrected chi connectivity index (χ3v) is 4.91. The van der Waals surface area contributed by atoms with Crippen LogP contribution in [0.15, 0.2) is 36.4 Å². The lowest BCUT2D eigenvalue weighted by Crippen LogP contribution is -2.37. The molecule has 150 valence electrons. The summed E-state index contributed by atoms with van der Waals surface area (Å²) in [7, 11) is 0. The summed E-state index contributed by atoms with van der Waals surface area (Å²) in [6.07, 6.45) is 0. The maximum atomic E-state index is 12.6. The maximum Gasteiger partial charge on any atom is 0.244 e. The molecule has 0 saturated heterocycles. The average molecular weight is 382 g/mol. The quantitative estimate of drug-likeness (QED) is 0.771. The lowest BCUT2D eigenvalue weighted by atomic mass is 10.1. The van der Waals surface area contributed by atoms with Crippen molar-refractivity contribution in [3.05, 3.63) is 53.1 Å². The second kappa shape index (κ2) is 9.40. The highest BCUT2D eigenvalue weighted by Gasteiger charge is 2.17. The molecule has 0 aliphatic heterocycles. The van der Waals surface area contributed by atoms with Crippen LogP contribution in [0.3, 0.4) is 0 Å². The summed E-state index contributed by atoms with van der Waals surface area (Å²) < 4.78 is 0. The summed E-state index contributed by atoms with van der Waals surface area (Å²) in [5, 5.41) is 2.97. The average Bonchev–Trinajstić information content (AvgIpc) is 2.64. The lowest BCUT2D eigenvalue weighted by Gasteiger charge is -2.24. The zero-order valence-corrected chi connectivity index (χ0v) is 17.8. The van der Waals surface area contributed by atoms with Crippen LogP contribution in [0.4, 0.5) is 17.1 Å². The number of aryl methyl sites for hydroxylation is 3. The minimum Gasteiger partial charge on any atom is -0.372 e. The molecular weight excluding hydrogens is 350 g/mol. The summed E-state index contributed by atoms with van der Waals surface area (Å²) in [5.74, 6) is -0.374. The molecule has 2 rings (SSSR count). The highest BCUT2D eigenvalue weighted by Crippen LogP contribution is 2.23. The molecule has 5 nitrogen and oxygen atoms in total. The Morgan fingerprint density at radius 2 is 1.39 bits per heavy atom. The lowest BCUT2D eigenvalue weighted by molar-refractivity contribution is -0.120. The number of hydrogen-bond acceptors (Lipinski definition) is 3. The molecule has 0 unspecified atom stereocenters. The van der Waals surface area contributed by atoms with Crippen LogP contribution in [-0.4, -0.2) is 31.4 Å². The second-order valence-corrected chi connectivity index (χ2v) is 7.12. The summed E-state index contributed by atoms with van der Waals surface area (Å²) in [6.45, 7) is 13.5. The molecule has 0 atom stereocenters. The first-order valence-electron chi connectivity index (χ1n) is 9.77. The molecule has 0 bridgehead atoms. The monoisotopic (exact) mass is 381 g/mol. The molecule has 1 N–H and O–H groups in total. The van der Waals surface area contributed by atoms with Crippen molar-refractivity contribution in [2.45, 2.75) is 41.5 Å². The van der Waals surface area contributed by atoms with Crippen LogP contribution in [0.2, 0.25) is 0 Å². The van der Waals surface area contributed by atoms with Gasteiger partial charge in [-0.1, -0.05) is 17.7 Å². The molecule has 0 radical (unpaired) electrons. The van der Waals surface area contributed by atoms with Crippen LogP contribution in [0, 0.1) is 20.8 Å². The number of hydrogen-bond donors (Lipinski definition) is 1. The van der Waals surface area contributed by atoms with Gasteiger partial charge >= 0.3 is 0 Å². The summed E-state index contributed by atoms with van der Waals surface area (Å²) in [4.78, 5) is 28.6. The molecule has 0 aliphatic rings. The van der Waals surface area contributed by atoms with Crippen molar-refractivity contribution in [2.75, 3.05) is 34.8 Å². The van der Waals surface area contributed by atoms with E-state index in [1.807, 2.05) is 57.2 Å². The van der Waals surface area contributed by atoms with Gasteiger partial charge in [0.15, 0.2) is 0 Å². The topological polar surface area (TPSA) is 52.6 Å². The third kappa shape index (κ3) is 5.12. The van der Waals surface area contributed by atoms with Gasteiger partial charge in [-0.2, -0.15) is 0 Å². The smallest absolute Gasteiger partial charge is 0.244 e. The highest BCUT2D eigenvalue weighted by atomic mass is 16.2. The Labute approximate surface area is 168 Å². The molecular formula is C23H31N3O2. The number of carbonyl (C=O) groups excluding carboxylic acids is 2. The van der Waals surface area contributed by atoms with E-state index in [9.17, 15) is 9.59 Å². The van der Waals surface area contributed by atoms with Crippen molar-refractivity contribution in [1.29, 1.82) is 0 Å². The molecule has 0 aliphatic carbocycles. The molecule has 0 fully saturated rings. The van der Waals surface area contributed by atoms with Crippen molar-refractivity contribution in [2.24, 2.45) is 0 Å². The van der Waals surface area contributed by atoms with Crippen LogP contribution >= 0.6 is 0 Å². The predicted octanol–water partition coefficient (Wildman–Crippen LogP) is 4.45. The molecule has 0 aromatic heterocycles. The molecule has 0 spiro atoms. The van der Waals surface area contributed by atoms with Crippen LogP contribution in [0.1, 0.15) is 37.5 Å². The molecule has 0 heterocycles. The van der Waals surface area contributed by atoms with Gasteiger partial charge in [-0.15, -0.1) is 0 Å². The van der Waals surface area contributed by atoms with E-state index in [-0.39, 0.29) is 18.4 Å². The second-order valence-electron chi connectivity index (χ2n) is 7.12. The van der Waals surface area contributed by atoms with Crippen molar-refractivity contribution in [3.63, 3.8) is 0 Å². The maximum absolute atomic E-state index is 12.6. The Morgan fingerprint density at radius 3 is 1.86 bits per heavy atom. The fourth-order valence-electron chi connectivity index (χ4n) is 3.52. The van der Waals surface area contributed by atoms with Gasteiger partial charge in [0.25, 0.3) is 0 Å². The number of anilines is 3. The number of nitrogens with one attached hydrogen (secondary N) is 1. The minimum atomic E-state index is -0.210. The first kappa shape index (κ1) is 21.5. The van der Waals surface area contributed by atoms with E-state index in [1.165, 1.54) is 11.8 Å². The normalized spacial score (nSPS) is 10.5. The van der Waals surface area contributed by atoms with Gasteiger partial charge in [-0.05, 0) is 70.0 Å². The molecule has 0 saturated carbocycles. The van der Waals surface area contributed by atoms with Gasteiger partial charge < -0.3 is 15.1 Å². The van der Waals surface area contributed by atoms with Gasteiger partial charge in [0, 0.05) is 37.1 Å². The Morgan fingerprint density at radius 1 is 0.893 bits per heavy atom. The van der Waals surface area contributed by atoms with E-state index < -0.39 is 0 Å². The summed E-state index contributed by atoms with van der Waals surface area (Å²) in [6, 6.07) is 11.8. The predicted molar refractivity (Wildman–Crippen MR) is 117 cm³/mol. The fourth-order valence-corrected chi connectivity index (χ4v) is 3.52.